The number of anilines is 2. The van der Waals surface area contributed by atoms with Crippen LogP contribution < -0.4 is 9.91 Å². The summed E-state index contributed by atoms with van der Waals surface area (Å²) in [5.74, 6) is -0.282. The highest BCUT2D eigenvalue weighted by Crippen LogP contribution is 2.46. The quantitative estimate of drug-likeness (QED) is 0.541. The average molecular weight is 456 g/mol. The second kappa shape index (κ2) is 7.99. The predicted octanol–water partition coefficient (Wildman–Crippen LogP) is 4.45. The Labute approximate surface area is 185 Å². The number of hydrogen-bond acceptors (Lipinski definition) is 6. The lowest BCUT2D eigenvalue weighted by atomic mass is 10.1. The molecule has 0 bridgehead atoms. The van der Waals surface area contributed by atoms with Crippen LogP contribution in [0.1, 0.15) is 20.8 Å². The minimum atomic E-state index is -4.30. The van der Waals surface area contributed by atoms with Gasteiger partial charge in [-0.15, -0.1) is 0 Å². The molecule has 0 aromatic heterocycles. The number of thioether (sulfide) groups is 1. The maximum atomic E-state index is 13.1. The monoisotopic (exact) mass is 455 g/mol. The second-order valence-corrected chi connectivity index (χ2v) is 9.61. The molecule has 1 amide bonds. The molecule has 0 radical (unpaired) electrons. The zero-order valence-corrected chi connectivity index (χ0v) is 18.9. The lowest BCUT2D eigenvalue weighted by Crippen LogP contribution is -2.22. The number of benzene rings is 2. The van der Waals surface area contributed by atoms with Crippen molar-refractivity contribution in [3.05, 3.63) is 70.8 Å². The van der Waals surface area contributed by atoms with Crippen LogP contribution in [0.5, 0.6) is 0 Å². The van der Waals surface area contributed by atoms with Gasteiger partial charge in [-0.1, -0.05) is 23.9 Å². The van der Waals surface area contributed by atoms with Crippen LogP contribution in [0.4, 0.5) is 11.4 Å². The number of fused-ring (bicyclic) bond motifs is 1. The third-order valence-electron chi connectivity index (χ3n) is 5.08. The van der Waals surface area contributed by atoms with E-state index in [2.05, 4.69) is 29.1 Å². The van der Waals surface area contributed by atoms with Crippen molar-refractivity contribution in [3.63, 3.8) is 0 Å². The number of carbonyl (C=O) groups excluding carboxylic acids is 1. The predicted molar refractivity (Wildman–Crippen MR) is 123 cm³/mol. The molecule has 0 fully saturated rings. The SMILES string of the molecule is CCN1C(=CC(C)=C2C(=O)N(c3ccc(S(=O)(=O)O)cc3)N=C2C)Sc2ccccc21. The van der Waals surface area contributed by atoms with E-state index < -0.39 is 10.1 Å². The lowest BCUT2D eigenvalue weighted by molar-refractivity contribution is -0.114. The van der Waals surface area contributed by atoms with E-state index in [1.165, 1.54) is 34.2 Å². The summed E-state index contributed by atoms with van der Waals surface area (Å²) in [7, 11) is -4.30. The molecule has 7 nitrogen and oxygen atoms in total. The first-order valence-electron chi connectivity index (χ1n) is 9.65. The third kappa shape index (κ3) is 3.91. The van der Waals surface area contributed by atoms with Gasteiger partial charge in [0.15, 0.2) is 0 Å². The molecule has 1 N–H and O–H groups in total. The Balaban J connectivity index is 1.65. The largest absolute Gasteiger partial charge is 0.335 e. The molecule has 9 heteroatoms. The smallest absolute Gasteiger partial charge is 0.294 e. The summed E-state index contributed by atoms with van der Waals surface area (Å²) < 4.78 is 31.6. The molecule has 2 aliphatic heterocycles. The van der Waals surface area contributed by atoms with E-state index in [1.54, 1.807) is 18.7 Å². The van der Waals surface area contributed by atoms with E-state index in [9.17, 15) is 13.2 Å². The molecule has 2 aromatic rings. The van der Waals surface area contributed by atoms with E-state index >= 15 is 0 Å². The van der Waals surface area contributed by atoms with Gasteiger partial charge in [0.05, 0.1) is 32.6 Å². The summed E-state index contributed by atoms with van der Waals surface area (Å²) in [6, 6.07) is 13.6. The maximum absolute atomic E-state index is 13.1. The van der Waals surface area contributed by atoms with Gasteiger partial charge >= 0.3 is 0 Å². The van der Waals surface area contributed by atoms with Crippen molar-refractivity contribution in [2.24, 2.45) is 5.10 Å². The van der Waals surface area contributed by atoms with Crippen LogP contribution in [0.2, 0.25) is 0 Å². The minimum Gasteiger partial charge on any atom is -0.335 e. The number of hydrazone groups is 1. The number of nitrogens with zero attached hydrogens (tertiary/aromatic N) is 3. The average Bonchev–Trinajstić information content (AvgIpc) is 3.23. The number of hydrogen-bond donors (Lipinski definition) is 1. The number of para-hydroxylation sites is 1. The van der Waals surface area contributed by atoms with Crippen LogP contribution >= 0.6 is 11.8 Å². The summed E-state index contributed by atoms with van der Waals surface area (Å²) in [5.41, 5.74) is 3.48. The summed E-state index contributed by atoms with van der Waals surface area (Å²) in [6.45, 7) is 6.56. The highest BCUT2D eigenvalue weighted by atomic mass is 32.2. The molecular formula is C22H21N3O4S2. The maximum Gasteiger partial charge on any atom is 0.294 e. The van der Waals surface area contributed by atoms with Crippen molar-refractivity contribution in [1.82, 2.24) is 0 Å². The van der Waals surface area contributed by atoms with E-state index in [0.29, 0.717) is 17.0 Å². The van der Waals surface area contributed by atoms with Crippen molar-refractivity contribution in [2.75, 3.05) is 16.5 Å². The Hall–Kier alpha value is -2.88. The van der Waals surface area contributed by atoms with Gasteiger partial charge in [0.1, 0.15) is 0 Å². The van der Waals surface area contributed by atoms with Crippen LogP contribution in [0.25, 0.3) is 0 Å². The van der Waals surface area contributed by atoms with Gasteiger partial charge in [0.2, 0.25) is 0 Å². The molecule has 0 atom stereocenters. The number of allylic oxidation sites excluding steroid dienone is 2. The standard InChI is InChI=1S/C22H21N3O4S2/c1-4-24-18-7-5-6-8-19(18)30-20(24)13-14(2)21-15(3)23-25(22(21)26)16-9-11-17(12-10-16)31(27,28)29/h5-13H,4H2,1-3H3,(H,27,28,29). The second-order valence-electron chi connectivity index (χ2n) is 7.13. The molecule has 0 aliphatic carbocycles. The van der Waals surface area contributed by atoms with Gasteiger partial charge in [-0.05, 0) is 68.8 Å². The molecule has 31 heavy (non-hydrogen) atoms. The van der Waals surface area contributed by atoms with Crippen molar-refractivity contribution < 1.29 is 17.8 Å². The van der Waals surface area contributed by atoms with Crippen molar-refractivity contribution >= 4 is 44.9 Å². The number of amides is 1. The first-order chi connectivity index (χ1) is 14.7. The van der Waals surface area contributed by atoms with E-state index in [4.69, 9.17) is 4.55 Å². The van der Waals surface area contributed by atoms with E-state index in [-0.39, 0.29) is 10.8 Å². The molecule has 160 valence electrons. The summed E-state index contributed by atoms with van der Waals surface area (Å²) in [5, 5.41) is 6.66. The van der Waals surface area contributed by atoms with Crippen LogP contribution in [0, 0.1) is 0 Å². The first-order valence-corrected chi connectivity index (χ1v) is 11.9. The van der Waals surface area contributed by atoms with Gasteiger partial charge in [0.25, 0.3) is 16.0 Å². The van der Waals surface area contributed by atoms with Gasteiger partial charge in [-0.3, -0.25) is 9.35 Å². The zero-order chi connectivity index (χ0) is 22.3. The highest BCUT2D eigenvalue weighted by Gasteiger charge is 2.31. The summed E-state index contributed by atoms with van der Waals surface area (Å²) in [4.78, 5) is 16.3. The first kappa shape index (κ1) is 21.4. The summed E-state index contributed by atoms with van der Waals surface area (Å²) >= 11 is 1.67. The molecule has 0 spiro atoms. The molecular weight excluding hydrogens is 434 g/mol. The molecule has 2 heterocycles. The topological polar surface area (TPSA) is 90.3 Å². The molecule has 0 unspecified atom stereocenters. The summed E-state index contributed by atoms with van der Waals surface area (Å²) in [6.07, 6.45) is 2.01. The van der Waals surface area contributed by atoms with Crippen LogP contribution in [-0.4, -0.2) is 31.1 Å². The number of carbonyl (C=O) groups is 1. The minimum absolute atomic E-state index is 0.238. The Morgan fingerprint density at radius 2 is 1.84 bits per heavy atom. The van der Waals surface area contributed by atoms with Crippen LogP contribution in [-0.2, 0) is 14.9 Å². The molecule has 0 saturated carbocycles. The Kier molecular flexibility index (Phi) is 5.50. The molecule has 2 aliphatic rings. The van der Waals surface area contributed by atoms with Crippen molar-refractivity contribution in [3.8, 4) is 0 Å². The van der Waals surface area contributed by atoms with Crippen molar-refractivity contribution in [1.29, 1.82) is 0 Å². The van der Waals surface area contributed by atoms with Gasteiger partial charge in [-0.25, -0.2) is 0 Å². The van der Waals surface area contributed by atoms with Gasteiger partial charge in [-0.2, -0.15) is 18.5 Å². The van der Waals surface area contributed by atoms with E-state index in [0.717, 1.165) is 22.8 Å². The van der Waals surface area contributed by atoms with Gasteiger partial charge < -0.3 is 4.90 Å². The normalized spacial score (nSPS) is 19.2. The van der Waals surface area contributed by atoms with Crippen LogP contribution in [0.15, 0.2) is 85.7 Å². The Morgan fingerprint density at radius 1 is 1.16 bits per heavy atom. The zero-order valence-electron chi connectivity index (χ0n) is 17.2. The molecule has 4 rings (SSSR count). The number of rotatable bonds is 4. The highest BCUT2D eigenvalue weighted by molar-refractivity contribution is 8.03. The fourth-order valence-corrected chi connectivity index (χ4v) is 5.35. The van der Waals surface area contributed by atoms with E-state index in [1.807, 2.05) is 25.1 Å². The Morgan fingerprint density at radius 3 is 2.48 bits per heavy atom. The third-order valence-corrected chi connectivity index (χ3v) is 7.06. The van der Waals surface area contributed by atoms with Crippen LogP contribution in [0.3, 0.4) is 0 Å². The fraction of sp³-hybridized carbons (Fsp3) is 0.182. The molecule has 0 saturated heterocycles. The fourth-order valence-electron chi connectivity index (χ4n) is 3.64. The van der Waals surface area contributed by atoms with Crippen molar-refractivity contribution in [2.45, 2.75) is 30.6 Å². The lowest BCUT2D eigenvalue weighted by Gasteiger charge is -2.18. The molecule has 2 aromatic carbocycles. The van der Waals surface area contributed by atoms with Gasteiger partial charge in [0, 0.05) is 11.4 Å². The Bertz CT molecular complexity index is 1260.